The molecule has 0 unspecified atom stereocenters. The Kier molecular flexibility index (Phi) is 5.87. The molecule has 0 radical (unpaired) electrons. The van der Waals surface area contributed by atoms with Crippen LogP contribution < -0.4 is 5.32 Å². The summed E-state index contributed by atoms with van der Waals surface area (Å²) in [6, 6.07) is 4.79. The standard InChI is InChI=1S/C17H16Cl2N2O4/c1-8-14(10(3)22)9(2)20-16(8)17(24)25-7-13(23)21-12-6-4-5-11(18)15(12)19/h4-6,20H,7H2,1-3H3,(H,21,23). The van der Waals surface area contributed by atoms with Crippen LogP contribution in [0.1, 0.15) is 39.0 Å². The minimum Gasteiger partial charge on any atom is -0.451 e. The lowest BCUT2D eigenvalue weighted by Gasteiger charge is -2.08. The van der Waals surface area contributed by atoms with E-state index in [1.165, 1.54) is 6.92 Å². The van der Waals surface area contributed by atoms with Crippen LogP contribution in [0.5, 0.6) is 0 Å². The zero-order valence-corrected chi connectivity index (χ0v) is 15.3. The molecule has 0 spiro atoms. The van der Waals surface area contributed by atoms with Crippen LogP contribution in [0.25, 0.3) is 0 Å². The Hall–Kier alpha value is -2.31. The predicted octanol–water partition coefficient (Wildman–Crippen LogP) is 3.94. The number of ether oxygens (including phenoxy) is 1. The smallest absolute Gasteiger partial charge is 0.355 e. The van der Waals surface area contributed by atoms with Gasteiger partial charge in [0.15, 0.2) is 12.4 Å². The third-order valence-corrected chi connectivity index (χ3v) is 4.37. The van der Waals surface area contributed by atoms with E-state index in [9.17, 15) is 14.4 Å². The summed E-state index contributed by atoms with van der Waals surface area (Å²) < 4.78 is 4.99. The normalized spacial score (nSPS) is 10.4. The van der Waals surface area contributed by atoms with Crippen molar-refractivity contribution in [3.8, 4) is 0 Å². The van der Waals surface area contributed by atoms with Gasteiger partial charge in [0.1, 0.15) is 5.69 Å². The second-order valence-corrected chi connectivity index (χ2v) is 6.19. The highest BCUT2D eigenvalue weighted by molar-refractivity contribution is 6.44. The Bertz CT molecular complexity index is 859. The van der Waals surface area contributed by atoms with Crippen molar-refractivity contribution < 1.29 is 19.1 Å². The Balaban J connectivity index is 2.03. The van der Waals surface area contributed by atoms with E-state index < -0.39 is 18.5 Å². The molecule has 0 saturated heterocycles. The van der Waals surface area contributed by atoms with Crippen molar-refractivity contribution in [2.75, 3.05) is 11.9 Å². The van der Waals surface area contributed by atoms with Crippen molar-refractivity contribution >= 4 is 46.5 Å². The summed E-state index contributed by atoms with van der Waals surface area (Å²) >= 11 is 11.8. The average molecular weight is 383 g/mol. The van der Waals surface area contributed by atoms with Gasteiger partial charge < -0.3 is 15.0 Å². The van der Waals surface area contributed by atoms with Crippen LogP contribution in [-0.4, -0.2) is 29.3 Å². The number of carbonyl (C=O) groups excluding carboxylic acids is 3. The van der Waals surface area contributed by atoms with Crippen molar-refractivity contribution in [3.63, 3.8) is 0 Å². The molecule has 2 aromatic rings. The van der Waals surface area contributed by atoms with Crippen molar-refractivity contribution in [2.24, 2.45) is 0 Å². The van der Waals surface area contributed by atoms with Gasteiger partial charge in [-0.3, -0.25) is 9.59 Å². The number of benzene rings is 1. The lowest BCUT2D eigenvalue weighted by atomic mass is 10.1. The second kappa shape index (κ2) is 7.72. The molecular weight excluding hydrogens is 367 g/mol. The van der Waals surface area contributed by atoms with Crippen LogP contribution in [0.3, 0.4) is 0 Å². The lowest BCUT2D eigenvalue weighted by molar-refractivity contribution is -0.119. The molecule has 8 heteroatoms. The van der Waals surface area contributed by atoms with Crippen molar-refractivity contribution in [2.45, 2.75) is 20.8 Å². The number of esters is 1. The number of aromatic amines is 1. The van der Waals surface area contributed by atoms with Crippen LogP contribution in [0.15, 0.2) is 18.2 Å². The van der Waals surface area contributed by atoms with E-state index in [4.69, 9.17) is 27.9 Å². The SMILES string of the molecule is CC(=O)c1c(C)[nH]c(C(=O)OCC(=O)Nc2cccc(Cl)c2Cl)c1C. The summed E-state index contributed by atoms with van der Waals surface area (Å²) in [5.41, 5.74) is 1.99. The summed E-state index contributed by atoms with van der Waals surface area (Å²) in [4.78, 5) is 38.5. The summed E-state index contributed by atoms with van der Waals surface area (Å²) in [5.74, 6) is -1.44. The number of aromatic nitrogens is 1. The molecule has 0 saturated carbocycles. The topological polar surface area (TPSA) is 88.3 Å². The maximum absolute atomic E-state index is 12.1. The van der Waals surface area contributed by atoms with Gasteiger partial charge in [0, 0.05) is 11.3 Å². The Morgan fingerprint density at radius 1 is 1.20 bits per heavy atom. The number of aryl methyl sites for hydroxylation is 1. The number of Topliss-reactive ketones (excluding diaryl/α,β-unsaturated/α-hetero) is 1. The number of amides is 1. The number of halogens is 2. The monoisotopic (exact) mass is 382 g/mol. The fraction of sp³-hybridized carbons (Fsp3) is 0.235. The molecule has 1 amide bonds. The number of anilines is 1. The third kappa shape index (κ3) is 4.21. The number of hydrogen-bond acceptors (Lipinski definition) is 4. The van der Waals surface area contributed by atoms with Gasteiger partial charge in [-0.05, 0) is 38.5 Å². The van der Waals surface area contributed by atoms with Crippen molar-refractivity contribution in [3.05, 3.63) is 50.8 Å². The van der Waals surface area contributed by atoms with Gasteiger partial charge in [0.25, 0.3) is 5.91 Å². The van der Waals surface area contributed by atoms with E-state index in [0.29, 0.717) is 27.5 Å². The minimum atomic E-state index is -0.722. The number of H-pyrrole nitrogens is 1. The zero-order chi connectivity index (χ0) is 18.7. The van der Waals surface area contributed by atoms with Gasteiger partial charge in [-0.25, -0.2) is 4.79 Å². The van der Waals surface area contributed by atoms with Gasteiger partial charge in [-0.15, -0.1) is 0 Å². The van der Waals surface area contributed by atoms with Crippen LogP contribution in [0.2, 0.25) is 10.0 Å². The van der Waals surface area contributed by atoms with Gasteiger partial charge in [-0.2, -0.15) is 0 Å². The fourth-order valence-corrected chi connectivity index (χ4v) is 2.82. The first-order valence-corrected chi connectivity index (χ1v) is 8.09. The molecule has 6 nitrogen and oxygen atoms in total. The van der Waals surface area contributed by atoms with E-state index in [2.05, 4.69) is 10.3 Å². The van der Waals surface area contributed by atoms with E-state index in [1.807, 2.05) is 0 Å². The Labute approximate surface area is 154 Å². The second-order valence-electron chi connectivity index (χ2n) is 5.41. The van der Waals surface area contributed by atoms with Gasteiger partial charge in [0.2, 0.25) is 0 Å². The molecule has 1 aromatic heterocycles. The van der Waals surface area contributed by atoms with E-state index in [0.717, 1.165) is 0 Å². The summed E-state index contributed by atoms with van der Waals surface area (Å²) in [6.07, 6.45) is 0. The largest absolute Gasteiger partial charge is 0.451 e. The Morgan fingerprint density at radius 3 is 2.48 bits per heavy atom. The van der Waals surface area contributed by atoms with Crippen LogP contribution >= 0.6 is 23.2 Å². The van der Waals surface area contributed by atoms with Crippen molar-refractivity contribution in [1.82, 2.24) is 4.98 Å². The molecule has 0 fully saturated rings. The van der Waals surface area contributed by atoms with E-state index in [1.54, 1.807) is 32.0 Å². The highest BCUT2D eigenvalue weighted by atomic mass is 35.5. The molecule has 0 atom stereocenters. The van der Waals surface area contributed by atoms with Gasteiger partial charge in [0.05, 0.1) is 15.7 Å². The molecule has 2 N–H and O–H groups in total. The maximum Gasteiger partial charge on any atom is 0.355 e. The first-order valence-electron chi connectivity index (χ1n) is 7.33. The summed E-state index contributed by atoms with van der Waals surface area (Å²) in [6.45, 7) is 4.24. The molecular formula is C17H16Cl2N2O4. The fourth-order valence-electron chi connectivity index (χ4n) is 2.47. The number of hydrogen-bond donors (Lipinski definition) is 2. The quantitative estimate of drug-likeness (QED) is 0.605. The lowest BCUT2D eigenvalue weighted by Crippen LogP contribution is -2.21. The van der Waals surface area contributed by atoms with E-state index >= 15 is 0 Å². The number of rotatable bonds is 5. The summed E-state index contributed by atoms with van der Waals surface area (Å²) in [7, 11) is 0. The zero-order valence-electron chi connectivity index (χ0n) is 13.8. The minimum absolute atomic E-state index is 0.149. The number of ketones is 1. The predicted molar refractivity (Wildman–Crippen MR) is 95.6 cm³/mol. The number of carbonyl (C=O) groups is 3. The molecule has 0 aliphatic carbocycles. The molecule has 1 heterocycles. The maximum atomic E-state index is 12.1. The molecule has 132 valence electrons. The summed E-state index contributed by atoms with van der Waals surface area (Å²) in [5, 5.41) is 3.01. The average Bonchev–Trinajstić information content (AvgIpc) is 2.84. The van der Waals surface area contributed by atoms with Crippen LogP contribution in [0, 0.1) is 13.8 Å². The highest BCUT2D eigenvalue weighted by Crippen LogP contribution is 2.29. The molecule has 1 aromatic carbocycles. The first-order chi connectivity index (χ1) is 11.7. The molecule has 25 heavy (non-hydrogen) atoms. The Morgan fingerprint density at radius 2 is 1.88 bits per heavy atom. The molecule has 0 aliphatic heterocycles. The first kappa shape index (κ1) is 19.0. The van der Waals surface area contributed by atoms with Crippen molar-refractivity contribution in [1.29, 1.82) is 0 Å². The molecule has 0 bridgehead atoms. The van der Waals surface area contributed by atoms with Crippen LogP contribution in [-0.2, 0) is 9.53 Å². The van der Waals surface area contributed by atoms with Gasteiger partial charge >= 0.3 is 5.97 Å². The van der Waals surface area contributed by atoms with E-state index in [-0.39, 0.29) is 16.5 Å². The molecule has 0 aliphatic rings. The van der Waals surface area contributed by atoms with Crippen LogP contribution in [0.4, 0.5) is 5.69 Å². The highest BCUT2D eigenvalue weighted by Gasteiger charge is 2.21. The molecule has 2 rings (SSSR count). The number of nitrogens with one attached hydrogen (secondary N) is 2. The third-order valence-electron chi connectivity index (χ3n) is 3.55. The van der Waals surface area contributed by atoms with Gasteiger partial charge in [-0.1, -0.05) is 29.3 Å².